The number of halogens is 8. The summed E-state index contributed by atoms with van der Waals surface area (Å²) < 4.78 is 76.9. The van der Waals surface area contributed by atoms with Gasteiger partial charge in [-0.15, -0.1) is 12.4 Å². The summed E-state index contributed by atoms with van der Waals surface area (Å²) in [7, 11) is 0. The molecule has 0 atom stereocenters. The fourth-order valence-corrected chi connectivity index (χ4v) is 1.91. The molecule has 1 N–H and O–H groups in total. The molecule has 0 unspecified atom stereocenters. The van der Waals surface area contributed by atoms with Gasteiger partial charge in [-0.3, -0.25) is 0 Å². The number of benzene rings is 1. The van der Waals surface area contributed by atoms with Crippen molar-refractivity contribution in [3.63, 3.8) is 0 Å². The van der Waals surface area contributed by atoms with E-state index in [1.165, 1.54) is 12.4 Å². The van der Waals surface area contributed by atoms with Gasteiger partial charge in [0, 0.05) is 18.9 Å². The second-order valence-corrected chi connectivity index (χ2v) is 5.41. The summed E-state index contributed by atoms with van der Waals surface area (Å²) in [4.78, 5) is 7.64. The van der Waals surface area contributed by atoms with Gasteiger partial charge in [0.05, 0.1) is 15.6 Å². The zero-order chi connectivity index (χ0) is 17.3. The third kappa shape index (κ3) is 5.52. The molecule has 0 bridgehead atoms. The summed E-state index contributed by atoms with van der Waals surface area (Å²) in [6, 6.07) is 1.39. The Balaban J connectivity index is 0.00000288. The van der Waals surface area contributed by atoms with Crippen LogP contribution in [0.15, 0.2) is 35.1 Å². The SMILES string of the molecule is Cl.FC(F)(F)c1cc(CNc2ncc(Br)cn2)cc(C(F)(F)F)c1. The molecule has 0 fully saturated rings. The van der Waals surface area contributed by atoms with Gasteiger partial charge in [-0.25, -0.2) is 9.97 Å². The van der Waals surface area contributed by atoms with Gasteiger partial charge in [-0.05, 0) is 39.7 Å². The lowest BCUT2D eigenvalue weighted by Gasteiger charge is -2.14. The maximum Gasteiger partial charge on any atom is 0.416 e. The Hall–Kier alpha value is -1.55. The van der Waals surface area contributed by atoms with Crippen molar-refractivity contribution in [1.29, 1.82) is 0 Å². The minimum Gasteiger partial charge on any atom is -0.350 e. The van der Waals surface area contributed by atoms with Crippen LogP contribution in [0.4, 0.5) is 32.3 Å². The van der Waals surface area contributed by atoms with E-state index in [2.05, 4.69) is 31.2 Å². The lowest BCUT2D eigenvalue weighted by Crippen LogP contribution is -2.13. The predicted molar refractivity (Wildman–Crippen MR) is 80.8 cm³/mol. The normalized spacial score (nSPS) is 11.8. The number of aromatic nitrogens is 2. The number of anilines is 1. The molecule has 1 aromatic heterocycles. The lowest BCUT2D eigenvalue weighted by molar-refractivity contribution is -0.143. The number of nitrogens with zero attached hydrogens (tertiary/aromatic N) is 2. The molecule has 24 heavy (non-hydrogen) atoms. The average molecular weight is 437 g/mol. The van der Waals surface area contributed by atoms with E-state index in [4.69, 9.17) is 0 Å². The molecule has 2 aromatic rings. The Bertz CT molecular complexity index is 655. The van der Waals surface area contributed by atoms with Crippen molar-refractivity contribution in [1.82, 2.24) is 9.97 Å². The van der Waals surface area contributed by atoms with Gasteiger partial charge < -0.3 is 5.32 Å². The van der Waals surface area contributed by atoms with E-state index in [9.17, 15) is 26.3 Å². The van der Waals surface area contributed by atoms with Crippen molar-refractivity contribution in [2.45, 2.75) is 18.9 Å². The first-order valence-corrected chi connectivity index (χ1v) is 6.85. The van der Waals surface area contributed by atoms with Crippen molar-refractivity contribution in [3.05, 3.63) is 51.8 Å². The monoisotopic (exact) mass is 435 g/mol. The van der Waals surface area contributed by atoms with E-state index in [1.807, 2.05) is 0 Å². The topological polar surface area (TPSA) is 37.8 Å². The Morgan fingerprint density at radius 2 is 1.33 bits per heavy atom. The van der Waals surface area contributed by atoms with Gasteiger partial charge in [0.25, 0.3) is 0 Å². The van der Waals surface area contributed by atoms with E-state index in [0.29, 0.717) is 16.6 Å². The Morgan fingerprint density at radius 1 is 0.875 bits per heavy atom. The molecule has 0 aliphatic heterocycles. The standard InChI is InChI=1S/C13H8BrF6N3.ClH/c14-10-5-22-11(23-6-10)21-4-7-1-8(12(15,16)17)3-9(2-7)13(18,19)20;/h1-3,5-6H,4H2,(H,21,22,23);1H. The van der Waals surface area contributed by atoms with Crippen LogP contribution in [0.1, 0.15) is 16.7 Å². The third-order valence-corrected chi connectivity index (χ3v) is 3.13. The van der Waals surface area contributed by atoms with E-state index in [-0.39, 0.29) is 36.5 Å². The summed E-state index contributed by atoms with van der Waals surface area (Å²) in [5, 5.41) is 2.57. The van der Waals surface area contributed by atoms with Crippen LogP contribution < -0.4 is 5.32 Å². The fraction of sp³-hybridized carbons (Fsp3) is 0.231. The van der Waals surface area contributed by atoms with Gasteiger partial charge >= 0.3 is 12.4 Å². The van der Waals surface area contributed by atoms with Crippen LogP contribution in [0.3, 0.4) is 0 Å². The van der Waals surface area contributed by atoms with Crippen LogP contribution >= 0.6 is 28.3 Å². The Morgan fingerprint density at radius 3 is 1.75 bits per heavy atom. The molecular formula is C13H9BrClF6N3. The summed E-state index contributed by atoms with van der Waals surface area (Å²) in [6.45, 7) is -0.283. The number of rotatable bonds is 3. The smallest absolute Gasteiger partial charge is 0.350 e. The van der Waals surface area contributed by atoms with Crippen LogP contribution in [-0.4, -0.2) is 9.97 Å². The van der Waals surface area contributed by atoms with Crippen LogP contribution in [0.2, 0.25) is 0 Å². The second-order valence-electron chi connectivity index (χ2n) is 4.49. The molecule has 0 saturated carbocycles. The summed E-state index contributed by atoms with van der Waals surface area (Å²) in [5.41, 5.74) is -2.90. The third-order valence-electron chi connectivity index (χ3n) is 2.72. The molecule has 1 aromatic carbocycles. The van der Waals surface area contributed by atoms with Crippen molar-refractivity contribution >= 4 is 34.3 Å². The van der Waals surface area contributed by atoms with Crippen LogP contribution in [-0.2, 0) is 18.9 Å². The molecule has 0 amide bonds. The van der Waals surface area contributed by atoms with Crippen LogP contribution in [0.25, 0.3) is 0 Å². The first kappa shape index (κ1) is 20.5. The largest absolute Gasteiger partial charge is 0.416 e. The van der Waals surface area contributed by atoms with Crippen LogP contribution in [0.5, 0.6) is 0 Å². The zero-order valence-electron chi connectivity index (χ0n) is 11.5. The maximum absolute atomic E-state index is 12.7. The second kappa shape index (κ2) is 7.56. The van der Waals surface area contributed by atoms with Crippen molar-refractivity contribution in [3.8, 4) is 0 Å². The molecular weight excluding hydrogens is 428 g/mol. The summed E-state index contributed by atoms with van der Waals surface area (Å²) >= 11 is 3.10. The molecule has 0 aliphatic carbocycles. The first-order chi connectivity index (χ1) is 10.6. The van der Waals surface area contributed by atoms with E-state index in [0.717, 1.165) is 0 Å². The van der Waals surface area contributed by atoms with E-state index >= 15 is 0 Å². The van der Waals surface area contributed by atoms with Gasteiger partial charge in [0.1, 0.15) is 0 Å². The van der Waals surface area contributed by atoms with Gasteiger partial charge in [-0.2, -0.15) is 26.3 Å². The highest BCUT2D eigenvalue weighted by atomic mass is 79.9. The minimum atomic E-state index is -4.87. The minimum absolute atomic E-state index is 0. The summed E-state index contributed by atoms with van der Waals surface area (Å²) in [5.74, 6) is 0.0826. The highest BCUT2D eigenvalue weighted by Crippen LogP contribution is 2.36. The highest BCUT2D eigenvalue weighted by Gasteiger charge is 2.36. The number of alkyl halides is 6. The first-order valence-electron chi connectivity index (χ1n) is 6.05. The highest BCUT2D eigenvalue weighted by molar-refractivity contribution is 9.10. The van der Waals surface area contributed by atoms with Crippen molar-refractivity contribution in [2.24, 2.45) is 0 Å². The molecule has 2 rings (SSSR count). The van der Waals surface area contributed by atoms with Crippen LogP contribution in [0, 0.1) is 0 Å². The van der Waals surface area contributed by atoms with Gasteiger partial charge in [0.15, 0.2) is 0 Å². The quantitative estimate of drug-likeness (QED) is 0.663. The molecule has 3 nitrogen and oxygen atoms in total. The van der Waals surface area contributed by atoms with Gasteiger partial charge in [0.2, 0.25) is 5.95 Å². The number of hydrogen-bond donors (Lipinski definition) is 1. The lowest BCUT2D eigenvalue weighted by atomic mass is 10.0. The number of hydrogen-bond acceptors (Lipinski definition) is 3. The Kier molecular flexibility index (Phi) is 6.45. The zero-order valence-corrected chi connectivity index (χ0v) is 13.9. The molecule has 1 heterocycles. The fourth-order valence-electron chi connectivity index (χ4n) is 1.71. The van der Waals surface area contributed by atoms with E-state index < -0.39 is 23.5 Å². The summed E-state index contributed by atoms with van der Waals surface area (Å²) in [6.07, 6.45) is -6.96. The molecule has 132 valence electrons. The number of nitrogens with one attached hydrogen (secondary N) is 1. The molecule has 0 saturated heterocycles. The van der Waals surface area contributed by atoms with Gasteiger partial charge in [-0.1, -0.05) is 0 Å². The molecule has 11 heteroatoms. The average Bonchev–Trinajstić information content (AvgIpc) is 2.44. The molecule has 0 aliphatic rings. The van der Waals surface area contributed by atoms with Crippen molar-refractivity contribution in [2.75, 3.05) is 5.32 Å². The van der Waals surface area contributed by atoms with E-state index in [1.54, 1.807) is 0 Å². The maximum atomic E-state index is 12.7. The predicted octanol–water partition coefficient (Wildman–Crippen LogP) is 5.31. The van der Waals surface area contributed by atoms with Crippen molar-refractivity contribution < 1.29 is 26.3 Å². The molecule has 0 spiro atoms. The Labute approximate surface area is 147 Å². The molecule has 0 radical (unpaired) electrons.